The van der Waals surface area contributed by atoms with Gasteiger partial charge in [0.25, 0.3) is 0 Å². The molecule has 3 rings (SSSR count). The lowest BCUT2D eigenvalue weighted by atomic mass is 9.96. The lowest BCUT2D eigenvalue weighted by Gasteiger charge is -2.39. The predicted octanol–water partition coefficient (Wildman–Crippen LogP) is 1.19. The van der Waals surface area contributed by atoms with Crippen LogP contribution in [0.5, 0.6) is 0 Å². The molecule has 2 amide bonds. The van der Waals surface area contributed by atoms with Crippen molar-refractivity contribution in [3.05, 3.63) is 48.0 Å². The molecular formula is C24H34N4O4S. The Hall–Kier alpha value is -2.17. The first-order valence-electron chi connectivity index (χ1n) is 11.4. The van der Waals surface area contributed by atoms with Crippen molar-refractivity contribution >= 4 is 33.9 Å². The summed E-state index contributed by atoms with van der Waals surface area (Å²) in [5.41, 5.74) is 1.31. The van der Waals surface area contributed by atoms with E-state index in [-0.39, 0.29) is 50.1 Å². The molecule has 180 valence electrons. The minimum atomic E-state index is -1.30. The molecule has 0 aromatic heterocycles. The van der Waals surface area contributed by atoms with Crippen LogP contribution in [0.25, 0.3) is 10.8 Å². The summed E-state index contributed by atoms with van der Waals surface area (Å²) in [4.78, 5) is 26.4. The number of amides is 2. The van der Waals surface area contributed by atoms with Gasteiger partial charge in [-0.05, 0) is 36.1 Å². The molecule has 0 bridgehead atoms. The quantitative estimate of drug-likeness (QED) is 0.447. The molecule has 0 aliphatic carbocycles. The summed E-state index contributed by atoms with van der Waals surface area (Å²) >= 11 is -1.30. The van der Waals surface area contributed by atoms with Crippen molar-refractivity contribution in [2.45, 2.75) is 31.8 Å². The van der Waals surface area contributed by atoms with Crippen LogP contribution < -0.4 is 10.6 Å². The number of hydrogen-bond acceptors (Lipinski definition) is 6. The first-order chi connectivity index (χ1) is 15.9. The Balaban J connectivity index is 1.55. The highest BCUT2D eigenvalue weighted by Gasteiger charge is 2.33. The van der Waals surface area contributed by atoms with E-state index in [9.17, 15) is 14.1 Å². The van der Waals surface area contributed by atoms with E-state index < -0.39 is 11.4 Å². The van der Waals surface area contributed by atoms with Crippen LogP contribution in [0.1, 0.15) is 31.4 Å². The number of benzene rings is 2. The highest BCUT2D eigenvalue weighted by molar-refractivity contribution is 7.88. The van der Waals surface area contributed by atoms with Crippen LogP contribution in [0.15, 0.2) is 42.5 Å². The molecule has 3 N–H and O–H groups in total. The van der Waals surface area contributed by atoms with E-state index in [1.165, 1.54) is 16.3 Å². The van der Waals surface area contributed by atoms with Crippen LogP contribution in [0.2, 0.25) is 0 Å². The smallest absolute Gasteiger partial charge is 0.239 e. The van der Waals surface area contributed by atoms with Crippen molar-refractivity contribution in [1.82, 2.24) is 19.8 Å². The monoisotopic (exact) mass is 474 g/mol. The standard InChI is InChI=1S/C24H34N4O4S/c1-18(21-9-5-7-19-6-3-4-8-22(19)21)27-13-10-20(11-14-27)28(33(2)32)17-24(31)26-16-23(30)25-12-15-29/h3-9,18,20,29H,10-17H2,1-2H3,(H,25,30)(H,26,31). The van der Waals surface area contributed by atoms with E-state index in [1.807, 2.05) is 0 Å². The molecule has 2 aromatic carbocycles. The van der Waals surface area contributed by atoms with Crippen LogP contribution in [-0.4, -0.2) is 82.3 Å². The molecule has 2 atom stereocenters. The molecular weight excluding hydrogens is 440 g/mol. The number of fused-ring (bicyclic) bond motifs is 1. The lowest BCUT2D eigenvalue weighted by molar-refractivity contribution is -0.126. The van der Waals surface area contributed by atoms with Gasteiger partial charge in [-0.3, -0.25) is 14.5 Å². The van der Waals surface area contributed by atoms with Crippen molar-refractivity contribution in [3.63, 3.8) is 0 Å². The Morgan fingerprint density at radius 3 is 2.55 bits per heavy atom. The topological polar surface area (TPSA) is 108 Å². The molecule has 2 aromatic rings. The third-order valence-electron chi connectivity index (χ3n) is 6.24. The molecule has 1 aliphatic heterocycles. The van der Waals surface area contributed by atoms with Crippen molar-refractivity contribution < 1.29 is 19.2 Å². The number of carbonyl (C=O) groups excluding carboxylic acids is 2. The van der Waals surface area contributed by atoms with Crippen LogP contribution in [0.3, 0.4) is 0 Å². The van der Waals surface area contributed by atoms with Gasteiger partial charge in [0, 0.05) is 37.0 Å². The van der Waals surface area contributed by atoms with E-state index >= 15 is 0 Å². The number of carbonyl (C=O) groups is 2. The van der Waals surface area contributed by atoms with Gasteiger partial charge < -0.3 is 20.3 Å². The molecule has 1 heterocycles. The second-order valence-corrected chi connectivity index (χ2v) is 9.68. The molecule has 9 heteroatoms. The fourth-order valence-corrected chi connectivity index (χ4v) is 5.37. The number of aliphatic hydroxyl groups excluding tert-OH is 1. The first kappa shape index (κ1) is 25.5. The number of piperidine rings is 1. The Morgan fingerprint density at radius 1 is 1.15 bits per heavy atom. The number of likely N-dealkylation sites (tertiary alicyclic amines) is 1. The molecule has 0 saturated carbocycles. The van der Waals surface area contributed by atoms with Crippen LogP contribution >= 0.6 is 0 Å². The fourth-order valence-electron chi connectivity index (χ4n) is 4.44. The third-order valence-corrected chi connectivity index (χ3v) is 7.33. The Bertz CT molecular complexity index is 928. The molecule has 8 nitrogen and oxygen atoms in total. The van der Waals surface area contributed by atoms with E-state index in [1.54, 1.807) is 10.6 Å². The van der Waals surface area contributed by atoms with Gasteiger partial charge in [-0.2, -0.15) is 0 Å². The summed E-state index contributed by atoms with van der Waals surface area (Å²) in [6, 6.07) is 15.2. The zero-order valence-electron chi connectivity index (χ0n) is 19.3. The summed E-state index contributed by atoms with van der Waals surface area (Å²) < 4.78 is 14.1. The van der Waals surface area contributed by atoms with E-state index in [2.05, 4.69) is 64.9 Å². The largest absolute Gasteiger partial charge is 0.598 e. The van der Waals surface area contributed by atoms with Gasteiger partial charge in [0.1, 0.15) is 12.8 Å². The van der Waals surface area contributed by atoms with Crippen LogP contribution in [-0.2, 0) is 21.0 Å². The van der Waals surface area contributed by atoms with E-state index in [0.717, 1.165) is 25.9 Å². The predicted molar refractivity (Wildman–Crippen MR) is 131 cm³/mol. The number of nitrogens with zero attached hydrogens (tertiary/aromatic N) is 2. The first-order valence-corrected chi connectivity index (χ1v) is 12.9. The molecule has 33 heavy (non-hydrogen) atoms. The van der Waals surface area contributed by atoms with Gasteiger partial charge >= 0.3 is 0 Å². The SMILES string of the molecule is CC(c1cccc2ccccc12)N1CCC(N(CC(=O)NCC(=O)NCCO)[S+](C)[O-])CC1. The van der Waals surface area contributed by atoms with Crippen molar-refractivity contribution in [1.29, 1.82) is 0 Å². The maximum Gasteiger partial charge on any atom is 0.239 e. The van der Waals surface area contributed by atoms with Gasteiger partial charge in [0.05, 0.1) is 19.2 Å². The summed E-state index contributed by atoms with van der Waals surface area (Å²) in [5, 5.41) is 16.3. The number of rotatable bonds is 10. The van der Waals surface area contributed by atoms with Gasteiger partial charge in [-0.25, -0.2) is 0 Å². The maximum atomic E-state index is 12.4. The molecule has 1 fully saturated rings. The molecule has 2 unspecified atom stereocenters. The fraction of sp³-hybridized carbons (Fsp3) is 0.500. The second kappa shape index (κ2) is 12.3. The van der Waals surface area contributed by atoms with Crippen LogP contribution in [0, 0.1) is 0 Å². The van der Waals surface area contributed by atoms with Gasteiger partial charge in [-0.1, -0.05) is 42.5 Å². The summed E-state index contributed by atoms with van der Waals surface area (Å²) in [5.74, 6) is -0.701. The summed E-state index contributed by atoms with van der Waals surface area (Å²) in [6.07, 6.45) is 3.23. The average molecular weight is 475 g/mol. The lowest BCUT2D eigenvalue weighted by Crippen LogP contribution is -2.51. The molecule has 1 saturated heterocycles. The number of hydrogen-bond donors (Lipinski definition) is 3. The second-order valence-electron chi connectivity index (χ2n) is 8.36. The number of nitrogens with one attached hydrogen (secondary N) is 2. The van der Waals surface area contributed by atoms with Gasteiger partial charge in [-0.15, -0.1) is 4.31 Å². The molecule has 0 radical (unpaired) electrons. The third kappa shape index (κ3) is 6.91. The van der Waals surface area contributed by atoms with Crippen molar-refractivity contribution in [3.8, 4) is 0 Å². The maximum absolute atomic E-state index is 12.4. The van der Waals surface area contributed by atoms with Gasteiger partial charge in [0.15, 0.2) is 0 Å². The zero-order chi connectivity index (χ0) is 23.8. The molecule has 0 spiro atoms. The summed E-state index contributed by atoms with van der Waals surface area (Å²) in [6.45, 7) is 3.76. The van der Waals surface area contributed by atoms with Crippen LogP contribution in [0.4, 0.5) is 0 Å². The highest BCUT2D eigenvalue weighted by atomic mass is 32.2. The minimum absolute atomic E-state index is 0.0140. The number of aliphatic hydroxyl groups is 1. The normalized spacial score (nSPS) is 17.1. The average Bonchev–Trinajstić information content (AvgIpc) is 2.84. The molecule has 1 aliphatic rings. The Labute approximate surface area is 198 Å². The zero-order valence-corrected chi connectivity index (χ0v) is 20.1. The highest BCUT2D eigenvalue weighted by Crippen LogP contribution is 2.31. The van der Waals surface area contributed by atoms with Crippen molar-refractivity contribution in [2.24, 2.45) is 0 Å². The van der Waals surface area contributed by atoms with E-state index in [4.69, 9.17) is 5.11 Å². The Kier molecular flexibility index (Phi) is 9.52. The summed E-state index contributed by atoms with van der Waals surface area (Å²) in [7, 11) is 0. The van der Waals surface area contributed by atoms with Crippen molar-refractivity contribution in [2.75, 3.05) is 45.6 Å². The minimum Gasteiger partial charge on any atom is -0.598 e. The van der Waals surface area contributed by atoms with E-state index in [0.29, 0.717) is 0 Å². The Morgan fingerprint density at radius 2 is 1.85 bits per heavy atom. The van der Waals surface area contributed by atoms with Gasteiger partial charge in [0.2, 0.25) is 11.8 Å².